The van der Waals surface area contributed by atoms with Crippen molar-refractivity contribution in [3.05, 3.63) is 75.3 Å². The predicted octanol–water partition coefficient (Wildman–Crippen LogP) is 3.22. The molecule has 0 aliphatic heterocycles. The van der Waals surface area contributed by atoms with Crippen LogP contribution in [0.2, 0.25) is 0 Å². The van der Waals surface area contributed by atoms with E-state index in [9.17, 15) is 9.59 Å². The first-order valence-electron chi connectivity index (χ1n) is 9.31. The van der Waals surface area contributed by atoms with Crippen LogP contribution in [-0.4, -0.2) is 22.4 Å². The van der Waals surface area contributed by atoms with E-state index in [0.717, 1.165) is 40.4 Å². The molecule has 27 heavy (non-hydrogen) atoms. The Balaban J connectivity index is 1.52. The SMILES string of the molecule is Cc1cc(C)c2cc(CCNC(=O)CCCc3cccnc3)c(=O)[nH]c2c1. The van der Waals surface area contributed by atoms with E-state index in [1.165, 1.54) is 0 Å². The third kappa shape index (κ3) is 5.03. The number of carbonyl (C=O) groups is 1. The van der Waals surface area contributed by atoms with E-state index in [0.29, 0.717) is 24.9 Å². The first-order chi connectivity index (χ1) is 13.0. The molecule has 0 atom stereocenters. The molecule has 0 aliphatic carbocycles. The lowest BCUT2D eigenvalue weighted by Gasteiger charge is -2.08. The minimum atomic E-state index is -0.0849. The summed E-state index contributed by atoms with van der Waals surface area (Å²) < 4.78 is 0. The molecule has 1 aromatic carbocycles. The lowest BCUT2D eigenvalue weighted by atomic mass is 10.0. The van der Waals surface area contributed by atoms with Crippen LogP contribution in [0.1, 0.15) is 35.1 Å². The maximum Gasteiger partial charge on any atom is 0.251 e. The molecule has 5 nitrogen and oxygen atoms in total. The molecule has 0 saturated heterocycles. The molecule has 0 spiro atoms. The van der Waals surface area contributed by atoms with Crippen LogP contribution in [-0.2, 0) is 17.6 Å². The molecule has 0 radical (unpaired) electrons. The van der Waals surface area contributed by atoms with E-state index < -0.39 is 0 Å². The maximum absolute atomic E-state index is 12.3. The van der Waals surface area contributed by atoms with Crippen LogP contribution in [0.5, 0.6) is 0 Å². The summed E-state index contributed by atoms with van der Waals surface area (Å²) in [4.78, 5) is 31.3. The topological polar surface area (TPSA) is 74.8 Å². The average molecular weight is 363 g/mol. The van der Waals surface area contributed by atoms with Gasteiger partial charge in [0.05, 0.1) is 0 Å². The highest BCUT2D eigenvalue weighted by Gasteiger charge is 2.07. The normalized spacial score (nSPS) is 10.9. The Bertz CT molecular complexity index is 994. The first kappa shape index (κ1) is 18.8. The van der Waals surface area contributed by atoms with Crippen molar-refractivity contribution >= 4 is 16.8 Å². The number of fused-ring (bicyclic) bond motifs is 1. The third-order valence-electron chi connectivity index (χ3n) is 4.70. The number of rotatable bonds is 7. The van der Waals surface area contributed by atoms with Gasteiger partial charge in [0, 0.05) is 41.8 Å². The quantitative estimate of drug-likeness (QED) is 0.677. The Kier molecular flexibility index (Phi) is 6.01. The molecule has 3 aromatic rings. The molecular formula is C22H25N3O2. The summed E-state index contributed by atoms with van der Waals surface area (Å²) >= 11 is 0. The number of aromatic nitrogens is 2. The van der Waals surface area contributed by atoms with Crippen LogP contribution in [0.3, 0.4) is 0 Å². The van der Waals surface area contributed by atoms with Gasteiger partial charge in [-0.25, -0.2) is 0 Å². The molecule has 0 fully saturated rings. The second kappa shape index (κ2) is 8.62. The zero-order valence-corrected chi connectivity index (χ0v) is 15.8. The molecular weight excluding hydrogens is 338 g/mol. The van der Waals surface area contributed by atoms with Crippen LogP contribution in [0.4, 0.5) is 0 Å². The smallest absolute Gasteiger partial charge is 0.251 e. The number of carbonyl (C=O) groups excluding carboxylic acids is 1. The summed E-state index contributed by atoms with van der Waals surface area (Å²) in [6.07, 6.45) is 6.19. The zero-order valence-electron chi connectivity index (χ0n) is 15.8. The van der Waals surface area contributed by atoms with Crippen molar-refractivity contribution < 1.29 is 4.79 Å². The summed E-state index contributed by atoms with van der Waals surface area (Å²) in [6, 6.07) is 9.95. The average Bonchev–Trinajstić information content (AvgIpc) is 2.63. The highest BCUT2D eigenvalue weighted by atomic mass is 16.1. The van der Waals surface area contributed by atoms with Crippen molar-refractivity contribution in [3.63, 3.8) is 0 Å². The van der Waals surface area contributed by atoms with E-state index in [2.05, 4.69) is 21.4 Å². The fourth-order valence-corrected chi connectivity index (χ4v) is 3.33. The number of amides is 1. The monoisotopic (exact) mass is 363 g/mol. The fourth-order valence-electron chi connectivity index (χ4n) is 3.33. The number of hydrogen-bond acceptors (Lipinski definition) is 3. The van der Waals surface area contributed by atoms with Gasteiger partial charge in [0.25, 0.3) is 5.56 Å². The molecule has 0 saturated carbocycles. The Labute approximate surface area is 158 Å². The molecule has 2 N–H and O–H groups in total. The number of aryl methyl sites for hydroxylation is 3. The van der Waals surface area contributed by atoms with Gasteiger partial charge >= 0.3 is 0 Å². The Hall–Kier alpha value is -2.95. The minimum Gasteiger partial charge on any atom is -0.356 e. The van der Waals surface area contributed by atoms with Crippen LogP contribution in [0.25, 0.3) is 10.9 Å². The molecule has 1 amide bonds. The Morgan fingerprint density at radius 1 is 1.19 bits per heavy atom. The van der Waals surface area contributed by atoms with E-state index in [1.807, 2.05) is 44.3 Å². The number of benzene rings is 1. The molecule has 140 valence electrons. The standard InChI is InChI=1S/C22H25N3O2/c1-15-11-16(2)19-13-18(22(27)25-20(19)12-15)8-10-24-21(26)7-3-5-17-6-4-9-23-14-17/h4,6,9,11-14H,3,5,7-8,10H2,1-2H3,(H,24,26)(H,25,27). The van der Waals surface area contributed by atoms with Gasteiger partial charge in [-0.15, -0.1) is 0 Å². The summed E-state index contributed by atoms with van der Waals surface area (Å²) in [6.45, 7) is 4.52. The Morgan fingerprint density at radius 2 is 2.04 bits per heavy atom. The second-order valence-electron chi connectivity index (χ2n) is 6.98. The van der Waals surface area contributed by atoms with Gasteiger partial charge in [-0.2, -0.15) is 0 Å². The second-order valence-corrected chi connectivity index (χ2v) is 6.98. The van der Waals surface area contributed by atoms with E-state index >= 15 is 0 Å². The summed E-state index contributed by atoms with van der Waals surface area (Å²) in [5.41, 5.74) is 4.88. The van der Waals surface area contributed by atoms with E-state index in [-0.39, 0.29) is 11.5 Å². The molecule has 2 heterocycles. The van der Waals surface area contributed by atoms with Gasteiger partial charge in [0.2, 0.25) is 5.91 Å². The van der Waals surface area contributed by atoms with Gasteiger partial charge in [-0.3, -0.25) is 14.6 Å². The summed E-state index contributed by atoms with van der Waals surface area (Å²) in [7, 11) is 0. The minimum absolute atomic E-state index is 0.0166. The van der Waals surface area contributed by atoms with Crippen LogP contribution >= 0.6 is 0 Å². The van der Waals surface area contributed by atoms with Crippen molar-refractivity contribution in [3.8, 4) is 0 Å². The number of nitrogens with one attached hydrogen (secondary N) is 2. The van der Waals surface area contributed by atoms with Gasteiger partial charge in [-0.05, 0) is 68.0 Å². The summed E-state index contributed by atoms with van der Waals surface area (Å²) in [5.74, 6) is 0.0166. The van der Waals surface area contributed by atoms with Crippen LogP contribution in [0, 0.1) is 13.8 Å². The molecule has 3 rings (SSSR count). The lowest BCUT2D eigenvalue weighted by Crippen LogP contribution is -2.27. The molecule has 0 bridgehead atoms. The number of pyridine rings is 2. The van der Waals surface area contributed by atoms with Gasteiger partial charge in [0.1, 0.15) is 0 Å². The highest BCUT2D eigenvalue weighted by Crippen LogP contribution is 2.18. The molecule has 5 heteroatoms. The van der Waals surface area contributed by atoms with Crippen molar-refractivity contribution in [1.82, 2.24) is 15.3 Å². The number of H-pyrrole nitrogens is 1. The largest absolute Gasteiger partial charge is 0.356 e. The predicted molar refractivity (Wildman–Crippen MR) is 108 cm³/mol. The van der Waals surface area contributed by atoms with Gasteiger partial charge in [-0.1, -0.05) is 12.1 Å². The van der Waals surface area contributed by atoms with Crippen molar-refractivity contribution in [1.29, 1.82) is 0 Å². The van der Waals surface area contributed by atoms with Gasteiger partial charge < -0.3 is 10.3 Å². The third-order valence-corrected chi connectivity index (χ3v) is 4.70. The fraction of sp³-hybridized carbons (Fsp3) is 0.318. The first-order valence-corrected chi connectivity index (χ1v) is 9.31. The number of hydrogen-bond donors (Lipinski definition) is 2. The van der Waals surface area contributed by atoms with E-state index in [1.54, 1.807) is 6.20 Å². The van der Waals surface area contributed by atoms with Crippen molar-refractivity contribution in [2.45, 2.75) is 39.5 Å². The lowest BCUT2D eigenvalue weighted by molar-refractivity contribution is -0.121. The van der Waals surface area contributed by atoms with Crippen LogP contribution in [0.15, 0.2) is 47.5 Å². The number of aromatic amines is 1. The maximum atomic E-state index is 12.3. The molecule has 0 aliphatic rings. The number of nitrogens with zero attached hydrogens (tertiary/aromatic N) is 1. The van der Waals surface area contributed by atoms with Crippen LogP contribution < -0.4 is 10.9 Å². The van der Waals surface area contributed by atoms with Crippen molar-refractivity contribution in [2.24, 2.45) is 0 Å². The molecule has 0 unspecified atom stereocenters. The van der Waals surface area contributed by atoms with Gasteiger partial charge in [0.15, 0.2) is 0 Å². The van der Waals surface area contributed by atoms with E-state index in [4.69, 9.17) is 0 Å². The Morgan fingerprint density at radius 3 is 2.81 bits per heavy atom. The molecule has 2 aromatic heterocycles. The highest BCUT2D eigenvalue weighted by molar-refractivity contribution is 5.83. The zero-order chi connectivity index (χ0) is 19.2. The summed E-state index contributed by atoms with van der Waals surface area (Å²) in [5, 5.41) is 3.96. The van der Waals surface area contributed by atoms with Crippen molar-refractivity contribution in [2.75, 3.05) is 6.54 Å².